The number of rotatable bonds is 5. The number of hydrogen-bond acceptors (Lipinski definition) is 3. The molecule has 0 amide bonds. The molecular weight excluding hydrogens is 178 g/mol. The van der Waals surface area contributed by atoms with Crippen molar-refractivity contribution in [3.63, 3.8) is 0 Å². The third-order valence-electron chi connectivity index (χ3n) is 1.93. The summed E-state index contributed by atoms with van der Waals surface area (Å²) in [5.74, 6) is 0.892. The normalized spacial score (nSPS) is 10.6. The predicted octanol–water partition coefficient (Wildman–Crippen LogP) is 1.47. The Bertz CT molecular complexity index is 258. The van der Waals surface area contributed by atoms with Gasteiger partial charge in [0.25, 0.3) is 0 Å². The van der Waals surface area contributed by atoms with Crippen molar-refractivity contribution in [3.8, 4) is 5.75 Å². The number of aliphatic hydroxyl groups excluding tert-OH is 1. The van der Waals surface area contributed by atoms with Crippen molar-refractivity contribution >= 4 is 0 Å². The van der Waals surface area contributed by atoms with E-state index in [1.54, 1.807) is 0 Å². The van der Waals surface area contributed by atoms with E-state index < -0.39 is 0 Å². The third kappa shape index (κ3) is 3.36. The molecule has 0 saturated carbocycles. The highest BCUT2D eigenvalue weighted by molar-refractivity contribution is 5.27. The van der Waals surface area contributed by atoms with Gasteiger partial charge >= 0.3 is 0 Å². The fourth-order valence-corrected chi connectivity index (χ4v) is 1.22. The van der Waals surface area contributed by atoms with Crippen LogP contribution in [-0.2, 0) is 6.54 Å². The zero-order chi connectivity index (χ0) is 10.4. The Morgan fingerprint density at radius 2 is 1.93 bits per heavy atom. The highest BCUT2D eigenvalue weighted by Gasteiger charge is 1.98. The van der Waals surface area contributed by atoms with Crippen LogP contribution < -0.4 is 4.74 Å². The Morgan fingerprint density at radius 3 is 2.43 bits per heavy atom. The summed E-state index contributed by atoms with van der Waals surface area (Å²) in [6.07, 6.45) is 0. The Balaban J connectivity index is 2.54. The van der Waals surface area contributed by atoms with Crippen molar-refractivity contribution in [2.45, 2.75) is 13.5 Å². The van der Waals surface area contributed by atoms with Crippen LogP contribution >= 0.6 is 0 Å². The van der Waals surface area contributed by atoms with Crippen LogP contribution in [0.2, 0.25) is 0 Å². The Labute approximate surface area is 84.9 Å². The minimum Gasteiger partial charge on any atom is -0.494 e. The molecule has 0 saturated heterocycles. The smallest absolute Gasteiger partial charge is 0.119 e. The summed E-state index contributed by atoms with van der Waals surface area (Å²) >= 11 is 0. The average molecular weight is 195 g/mol. The van der Waals surface area contributed by atoms with Gasteiger partial charge in [0.1, 0.15) is 5.75 Å². The number of nitrogens with zero attached hydrogens (tertiary/aromatic N) is 1. The van der Waals surface area contributed by atoms with Crippen molar-refractivity contribution < 1.29 is 9.84 Å². The summed E-state index contributed by atoms with van der Waals surface area (Å²) < 4.78 is 5.33. The third-order valence-corrected chi connectivity index (χ3v) is 1.93. The van der Waals surface area contributed by atoms with E-state index in [-0.39, 0.29) is 6.73 Å². The van der Waals surface area contributed by atoms with E-state index in [1.807, 2.05) is 43.1 Å². The maximum Gasteiger partial charge on any atom is 0.119 e. The number of ether oxygens (including phenoxy) is 1. The van der Waals surface area contributed by atoms with Crippen molar-refractivity contribution in [2.24, 2.45) is 0 Å². The van der Waals surface area contributed by atoms with E-state index in [4.69, 9.17) is 9.84 Å². The molecule has 0 fully saturated rings. The molecule has 3 heteroatoms. The quantitative estimate of drug-likeness (QED) is 0.722. The van der Waals surface area contributed by atoms with E-state index >= 15 is 0 Å². The molecule has 78 valence electrons. The van der Waals surface area contributed by atoms with Crippen molar-refractivity contribution in [1.29, 1.82) is 0 Å². The Kier molecular flexibility index (Phi) is 4.43. The van der Waals surface area contributed by atoms with Crippen molar-refractivity contribution in [2.75, 3.05) is 20.4 Å². The summed E-state index contributed by atoms with van der Waals surface area (Å²) in [7, 11) is 1.87. The molecule has 0 aliphatic carbocycles. The van der Waals surface area contributed by atoms with Crippen molar-refractivity contribution in [1.82, 2.24) is 4.90 Å². The van der Waals surface area contributed by atoms with Gasteiger partial charge in [-0.1, -0.05) is 12.1 Å². The number of aliphatic hydroxyl groups is 1. The molecular formula is C11H17NO2. The summed E-state index contributed by atoms with van der Waals surface area (Å²) in [4.78, 5) is 1.83. The molecule has 0 atom stereocenters. The summed E-state index contributed by atoms with van der Waals surface area (Å²) in [6.45, 7) is 3.49. The molecule has 0 unspecified atom stereocenters. The van der Waals surface area contributed by atoms with Crippen LogP contribution in [0.15, 0.2) is 24.3 Å². The highest BCUT2D eigenvalue weighted by atomic mass is 16.5. The van der Waals surface area contributed by atoms with Crippen molar-refractivity contribution in [3.05, 3.63) is 29.8 Å². The van der Waals surface area contributed by atoms with Gasteiger partial charge in [-0.05, 0) is 31.7 Å². The summed E-state index contributed by atoms with van der Waals surface area (Å²) in [5, 5.41) is 8.84. The van der Waals surface area contributed by atoms with Gasteiger partial charge in [-0.15, -0.1) is 0 Å². The van der Waals surface area contributed by atoms with Crippen LogP contribution in [0.5, 0.6) is 5.75 Å². The summed E-state index contributed by atoms with van der Waals surface area (Å²) in [5.41, 5.74) is 1.17. The SMILES string of the molecule is CCOc1ccc(CN(C)CO)cc1. The largest absolute Gasteiger partial charge is 0.494 e. The summed E-state index contributed by atoms with van der Waals surface area (Å²) in [6, 6.07) is 7.92. The molecule has 0 bridgehead atoms. The first-order valence-corrected chi connectivity index (χ1v) is 4.77. The topological polar surface area (TPSA) is 32.7 Å². The van der Waals surface area contributed by atoms with Gasteiger partial charge in [-0.25, -0.2) is 0 Å². The lowest BCUT2D eigenvalue weighted by Crippen LogP contribution is -2.18. The molecule has 1 aromatic rings. The monoisotopic (exact) mass is 195 g/mol. The number of hydrogen-bond donors (Lipinski definition) is 1. The molecule has 0 aliphatic rings. The molecule has 0 spiro atoms. The average Bonchev–Trinajstić information content (AvgIpc) is 2.21. The van der Waals surface area contributed by atoms with Gasteiger partial charge in [0.2, 0.25) is 0 Å². The van der Waals surface area contributed by atoms with Gasteiger partial charge in [-0.3, -0.25) is 4.90 Å². The zero-order valence-electron chi connectivity index (χ0n) is 8.73. The zero-order valence-corrected chi connectivity index (χ0v) is 8.73. The lowest BCUT2D eigenvalue weighted by Gasteiger charge is -2.13. The van der Waals surface area contributed by atoms with Gasteiger partial charge in [0.05, 0.1) is 13.3 Å². The van der Waals surface area contributed by atoms with Crippen LogP contribution in [0.4, 0.5) is 0 Å². The number of benzene rings is 1. The lowest BCUT2D eigenvalue weighted by molar-refractivity contribution is 0.127. The Morgan fingerprint density at radius 1 is 1.29 bits per heavy atom. The van der Waals surface area contributed by atoms with Crippen LogP contribution in [0.1, 0.15) is 12.5 Å². The molecule has 1 N–H and O–H groups in total. The van der Waals surface area contributed by atoms with E-state index in [1.165, 1.54) is 5.56 Å². The van der Waals surface area contributed by atoms with E-state index in [9.17, 15) is 0 Å². The maximum atomic E-state index is 8.84. The fourth-order valence-electron chi connectivity index (χ4n) is 1.22. The standard InChI is InChI=1S/C11H17NO2/c1-3-14-11-6-4-10(5-7-11)8-12(2)9-13/h4-7,13H,3,8-9H2,1-2H3. The van der Waals surface area contributed by atoms with Gasteiger partial charge in [0, 0.05) is 6.54 Å². The first-order valence-electron chi connectivity index (χ1n) is 4.77. The molecule has 0 aliphatic heterocycles. The van der Waals surface area contributed by atoms with Gasteiger partial charge in [-0.2, -0.15) is 0 Å². The highest BCUT2D eigenvalue weighted by Crippen LogP contribution is 2.12. The minimum absolute atomic E-state index is 0.0766. The van der Waals surface area contributed by atoms with Crippen LogP contribution in [-0.4, -0.2) is 30.4 Å². The fraction of sp³-hybridized carbons (Fsp3) is 0.455. The van der Waals surface area contributed by atoms with Crippen LogP contribution in [0, 0.1) is 0 Å². The minimum atomic E-state index is 0.0766. The Hall–Kier alpha value is -1.06. The first kappa shape index (κ1) is 11.0. The molecule has 1 aromatic carbocycles. The van der Waals surface area contributed by atoms with E-state index in [0.717, 1.165) is 12.3 Å². The van der Waals surface area contributed by atoms with Crippen LogP contribution in [0.25, 0.3) is 0 Å². The lowest BCUT2D eigenvalue weighted by atomic mass is 10.2. The predicted molar refractivity (Wildman–Crippen MR) is 56.2 cm³/mol. The first-order chi connectivity index (χ1) is 6.76. The van der Waals surface area contributed by atoms with E-state index in [0.29, 0.717) is 6.61 Å². The molecule has 1 rings (SSSR count). The molecule has 14 heavy (non-hydrogen) atoms. The van der Waals surface area contributed by atoms with Crippen LogP contribution in [0.3, 0.4) is 0 Å². The maximum absolute atomic E-state index is 8.84. The molecule has 0 heterocycles. The second-order valence-corrected chi connectivity index (χ2v) is 3.23. The molecule has 0 aromatic heterocycles. The molecule has 0 radical (unpaired) electrons. The second-order valence-electron chi connectivity index (χ2n) is 3.23. The second kappa shape index (κ2) is 5.62. The van der Waals surface area contributed by atoms with Gasteiger partial charge < -0.3 is 9.84 Å². The van der Waals surface area contributed by atoms with E-state index in [2.05, 4.69) is 0 Å². The molecule has 3 nitrogen and oxygen atoms in total. The van der Waals surface area contributed by atoms with Gasteiger partial charge in [0.15, 0.2) is 0 Å².